The van der Waals surface area contributed by atoms with Crippen LogP contribution in [-0.4, -0.2) is 42.5 Å². The van der Waals surface area contributed by atoms with Crippen LogP contribution in [0, 0.1) is 28.1 Å². The van der Waals surface area contributed by atoms with Gasteiger partial charge in [0.05, 0.1) is 27.6 Å². The van der Waals surface area contributed by atoms with E-state index in [1.54, 1.807) is 0 Å². The van der Waals surface area contributed by atoms with Crippen molar-refractivity contribution in [1.82, 2.24) is 9.29 Å². The van der Waals surface area contributed by atoms with Gasteiger partial charge in [-0.2, -0.15) is 14.8 Å². The van der Waals surface area contributed by atoms with Crippen molar-refractivity contribution in [3.8, 4) is 12.1 Å². The molecular formula is C22H23N5O4S2. The van der Waals surface area contributed by atoms with Gasteiger partial charge in [0, 0.05) is 37.9 Å². The van der Waals surface area contributed by atoms with Crippen molar-refractivity contribution in [2.75, 3.05) is 18.4 Å². The number of nitrogens with one attached hydrogen (secondary N) is 1. The molecule has 1 aliphatic rings. The molecule has 0 bridgehead atoms. The average Bonchev–Trinajstić information content (AvgIpc) is 3.15. The van der Waals surface area contributed by atoms with Crippen LogP contribution in [0.4, 0.5) is 5.13 Å². The van der Waals surface area contributed by atoms with Gasteiger partial charge < -0.3 is 0 Å². The van der Waals surface area contributed by atoms with E-state index in [0.717, 1.165) is 15.6 Å². The van der Waals surface area contributed by atoms with Crippen LogP contribution >= 0.6 is 11.3 Å². The molecule has 1 amide bonds. The zero-order valence-electron chi connectivity index (χ0n) is 18.3. The highest BCUT2D eigenvalue weighted by molar-refractivity contribution is 7.89. The van der Waals surface area contributed by atoms with Gasteiger partial charge in [-0.1, -0.05) is 25.2 Å². The molecule has 0 atom stereocenters. The van der Waals surface area contributed by atoms with E-state index in [-0.39, 0.29) is 47.6 Å². The highest BCUT2D eigenvalue weighted by Gasteiger charge is 2.34. The van der Waals surface area contributed by atoms with Crippen LogP contribution in [-0.2, 0) is 16.4 Å². The Morgan fingerprint density at radius 1 is 1.15 bits per heavy atom. The number of carbonyl (C=O) groups excluding carboxylic acids is 2. The van der Waals surface area contributed by atoms with Crippen molar-refractivity contribution < 1.29 is 18.0 Å². The number of thiazole rings is 1. The lowest BCUT2D eigenvalue weighted by atomic mass is 9.78. The molecule has 9 nitrogen and oxygen atoms in total. The van der Waals surface area contributed by atoms with E-state index < -0.39 is 15.9 Å². The van der Waals surface area contributed by atoms with Crippen molar-refractivity contribution in [3.05, 3.63) is 40.4 Å². The molecule has 172 valence electrons. The quantitative estimate of drug-likeness (QED) is 0.603. The Balaban J connectivity index is 1.75. The van der Waals surface area contributed by atoms with E-state index in [0.29, 0.717) is 28.5 Å². The van der Waals surface area contributed by atoms with E-state index in [9.17, 15) is 18.0 Å². The Morgan fingerprint density at radius 2 is 1.76 bits per heavy atom. The smallest absolute Gasteiger partial charge is 0.257 e. The summed E-state index contributed by atoms with van der Waals surface area (Å²) in [7, 11) is -3.91. The second kappa shape index (κ2) is 9.79. The number of ketones is 1. The summed E-state index contributed by atoms with van der Waals surface area (Å²) in [5, 5.41) is 20.6. The molecule has 0 saturated carbocycles. The number of anilines is 1. The highest BCUT2D eigenvalue weighted by atomic mass is 32.2. The van der Waals surface area contributed by atoms with E-state index in [4.69, 9.17) is 10.5 Å². The molecule has 0 spiro atoms. The van der Waals surface area contributed by atoms with Crippen LogP contribution in [0.5, 0.6) is 0 Å². The standard InChI is InChI=1S/C22H23N5O4S2/c1-22(2)13-17-19(18(28)14-22)32-21(25-17)26-20(29)15-5-7-16(8-6-15)33(30,31)27(11-3-9-23)12-4-10-24/h5-8H,3-4,11-14H2,1-2H3,(H,25,26,29). The van der Waals surface area contributed by atoms with Gasteiger partial charge in [-0.15, -0.1) is 0 Å². The normalized spacial score (nSPS) is 14.9. The number of rotatable bonds is 8. The lowest BCUT2D eigenvalue weighted by Gasteiger charge is -2.26. The minimum absolute atomic E-state index is 0.00260. The summed E-state index contributed by atoms with van der Waals surface area (Å²) in [6.07, 6.45) is 1.09. The van der Waals surface area contributed by atoms with Gasteiger partial charge in [0.1, 0.15) is 0 Å². The molecule has 33 heavy (non-hydrogen) atoms. The minimum atomic E-state index is -3.91. The second-order valence-corrected chi connectivity index (χ2v) is 11.4. The first kappa shape index (κ1) is 24.5. The summed E-state index contributed by atoms with van der Waals surface area (Å²) in [4.78, 5) is 29.9. The van der Waals surface area contributed by atoms with Gasteiger partial charge in [-0.05, 0) is 36.1 Å². The molecule has 1 heterocycles. The molecule has 0 aliphatic heterocycles. The third-order valence-corrected chi connectivity index (χ3v) is 8.12. The van der Waals surface area contributed by atoms with E-state index >= 15 is 0 Å². The Bertz CT molecular complexity index is 1230. The lowest BCUT2D eigenvalue weighted by Crippen LogP contribution is -2.32. The molecule has 1 N–H and O–H groups in total. The van der Waals surface area contributed by atoms with Crippen LogP contribution in [0.2, 0.25) is 0 Å². The molecule has 1 aromatic heterocycles. The van der Waals surface area contributed by atoms with Crippen molar-refractivity contribution in [2.24, 2.45) is 5.41 Å². The van der Waals surface area contributed by atoms with E-state index in [1.807, 2.05) is 26.0 Å². The number of sulfonamides is 1. The number of nitrogens with zero attached hydrogens (tertiary/aromatic N) is 4. The number of carbonyl (C=O) groups is 2. The van der Waals surface area contributed by atoms with Crippen molar-refractivity contribution in [2.45, 2.75) is 44.4 Å². The van der Waals surface area contributed by atoms with Crippen molar-refractivity contribution in [3.63, 3.8) is 0 Å². The Labute approximate surface area is 196 Å². The van der Waals surface area contributed by atoms with Gasteiger partial charge >= 0.3 is 0 Å². The third-order valence-electron chi connectivity index (χ3n) is 5.16. The topological polar surface area (TPSA) is 144 Å². The number of benzene rings is 1. The van der Waals surface area contributed by atoms with Crippen LogP contribution in [0.1, 0.15) is 58.8 Å². The van der Waals surface area contributed by atoms with Gasteiger partial charge in [0.2, 0.25) is 10.0 Å². The number of fused-ring (bicyclic) bond motifs is 1. The predicted octanol–water partition coefficient (Wildman–Crippen LogP) is 3.37. The maximum absolute atomic E-state index is 12.9. The summed E-state index contributed by atoms with van der Waals surface area (Å²) in [5.41, 5.74) is 0.747. The molecule has 0 fully saturated rings. The van der Waals surface area contributed by atoms with Gasteiger partial charge in [-0.3, -0.25) is 14.9 Å². The fraction of sp³-hybridized carbons (Fsp3) is 0.409. The zero-order valence-corrected chi connectivity index (χ0v) is 19.9. The molecule has 1 aliphatic carbocycles. The minimum Gasteiger partial charge on any atom is -0.298 e. The van der Waals surface area contributed by atoms with E-state index in [1.165, 1.54) is 24.3 Å². The largest absolute Gasteiger partial charge is 0.298 e. The monoisotopic (exact) mass is 485 g/mol. The zero-order chi connectivity index (χ0) is 24.2. The van der Waals surface area contributed by atoms with E-state index in [2.05, 4.69) is 10.3 Å². The lowest BCUT2D eigenvalue weighted by molar-refractivity contribution is 0.0915. The summed E-state index contributed by atoms with van der Waals surface area (Å²) in [6, 6.07) is 9.21. The van der Waals surface area contributed by atoms with Crippen LogP contribution in [0.15, 0.2) is 29.2 Å². The van der Waals surface area contributed by atoms with Crippen LogP contribution in [0.25, 0.3) is 0 Å². The Hall–Kier alpha value is -3.12. The highest BCUT2D eigenvalue weighted by Crippen LogP contribution is 2.38. The summed E-state index contributed by atoms with van der Waals surface area (Å²) < 4.78 is 26.8. The molecular weight excluding hydrogens is 462 g/mol. The van der Waals surface area contributed by atoms with Crippen molar-refractivity contribution in [1.29, 1.82) is 10.5 Å². The Kier molecular flexibility index (Phi) is 7.28. The first-order valence-corrected chi connectivity index (χ1v) is 12.5. The molecule has 1 aromatic carbocycles. The number of Topliss-reactive ketones (excluding diaryl/α,β-unsaturated/α-hetero) is 1. The molecule has 2 aromatic rings. The fourth-order valence-electron chi connectivity index (χ4n) is 3.57. The number of amides is 1. The molecule has 3 rings (SSSR count). The van der Waals surface area contributed by atoms with Gasteiger partial charge in [0.15, 0.2) is 10.9 Å². The molecule has 0 saturated heterocycles. The first-order valence-electron chi connectivity index (χ1n) is 10.3. The Morgan fingerprint density at radius 3 is 2.33 bits per heavy atom. The third kappa shape index (κ3) is 5.63. The first-order chi connectivity index (χ1) is 15.6. The summed E-state index contributed by atoms with van der Waals surface area (Å²) in [6.45, 7) is 3.96. The molecule has 0 unspecified atom stereocenters. The fourth-order valence-corrected chi connectivity index (χ4v) is 5.93. The second-order valence-electron chi connectivity index (χ2n) is 8.43. The SMILES string of the molecule is CC1(C)CC(=O)c2sc(NC(=O)c3ccc(S(=O)(=O)N(CCC#N)CCC#N)cc3)nc2C1. The number of nitriles is 2. The van der Waals surface area contributed by atoms with Gasteiger partial charge in [-0.25, -0.2) is 13.4 Å². The maximum Gasteiger partial charge on any atom is 0.257 e. The summed E-state index contributed by atoms with van der Waals surface area (Å²) in [5.74, 6) is -0.450. The number of hydrogen-bond acceptors (Lipinski definition) is 8. The van der Waals surface area contributed by atoms with Crippen molar-refractivity contribution >= 4 is 38.2 Å². The number of hydrogen-bond donors (Lipinski definition) is 1. The number of aromatic nitrogens is 1. The molecule has 0 radical (unpaired) electrons. The van der Waals surface area contributed by atoms with Crippen LogP contribution in [0.3, 0.4) is 0 Å². The predicted molar refractivity (Wildman–Crippen MR) is 122 cm³/mol. The maximum atomic E-state index is 12.9. The van der Waals surface area contributed by atoms with Crippen LogP contribution < -0.4 is 5.32 Å². The average molecular weight is 486 g/mol. The summed E-state index contributed by atoms with van der Waals surface area (Å²) >= 11 is 1.15. The molecule has 11 heteroatoms. The van der Waals surface area contributed by atoms with Gasteiger partial charge in [0.25, 0.3) is 5.91 Å².